The van der Waals surface area contributed by atoms with Gasteiger partial charge in [-0.15, -0.1) is 11.3 Å². The van der Waals surface area contributed by atoms with Crippen LogP contribution >= 0.6 is 11.3 Å². The van der Waals surface area contributed by atoms with Crippen LogP contribution in [-0.4, -0.2) is 11.8 Å². The van der Waals surface area contributed by atoms with Crippen molar-refractivity contribution in [1.29, 1.82) is 0 Å². The third-order valence-corrected chi connectivity index (χ3v) is 4.35. The summed E-state index contributed by atoms with van der Waals surface area (Å²) < 4.78 is 5.29. The monoisotopic (exact) mass is 340 g/mol. The molecule has 0 radical (unpaired) electrons. The maximum absolute atomic E-state index is 12.5. The molecule has 5 nitrogen and oxygen atoms in total. The third kappa shape index (κ3) is 3.55. The van der Waals surface area contributed by atoms with Crippen molar-refractivity contribution in [3.05, 3.63) is 76.4 Å². The Balaban J connectivity index is 1.76. The SMILES string of the molecule is C[C@H](NC(=O)c1ccccc1NC(=O)c1cccs1)c1ccco1. The van der Waals surface area contributed by atoms with Crippen LogP contribution in [0, 0.1) is 0 Å². The van der Waals surface area contributed by atoms with Crippen LogP contribution in [-0.2, 0) is 0 Å². The molecule has 0 spiro atoms. The Morgan fingerprint density at radius 1 is 1.04 bits per heavy atom. The van der Waals surface area contributed by atoms with E-state index in [-0.39, 0.29) is 17.9 Å². The maximum Gasteiger partial charge on any atom is 0.265 e. The van der Waals surface area contributed by atoms with Gasteiger partial charge in [-0.3, -0.25) is 9.59 Å². The molecule has 2 amide bonds. The van der Waals surface area contributed by atoms with Crippen molar-refractivity contribution in [3.8, 4) is 0 Å². The fourth-order valence-electron chi connectivity index (χ4n) is 2.26. The number of rotatable bonds is 5. The van der Waals surface area contributed by atoms with Gasteiger partial charge in [-0.2, -0.15) is 0 Å². The average Bonchev–Trinajstić information content (AvgIpc) is 3.28. The Morgan fingerprint density at radius 3 is 2.58 bits per heavy atom. The van der Waals surface area contributed by atoms with E-state index in [0.717, 1.165) is 0 Å². The largest absolute Gasteiger partial charge is 0.467 e. The summed E-state index contributed by atoms with van der Waals surface area (Å²) in [7, 11) is 0. The van der Waals surface area contributed by atoms with Crippen LogP contribution in [0.25, 0.3) is 0 Å². The Morgan fingerprint density at radius 2 is 1.88 bits per heavy atom. The van der Waals surface area contributed by atoms with E-state index in [1.165, 1.54) is 11.3 Å². The Kier molecular flexibility index (Phi) is 4.77. The summed E-state index contributed by atoms with van der Waals surface area (Å²) in [5, 5.41) is 7.49. The number of para-hydroxylation sites is 1. The fourth-order valence-corrected chi connectivity index (χ4v) is 2.88. The molecule has 24 heavy (non-hydrogen) atoms. The van der Waals surface area contributed by atoms with Crippen molar-refractivity contribution in [1.82, 2.24) is 5.32 Å². The summed E-state index contributed by atoms with van der Waals surface area (Å²) in [6, 6.07) is 13.8. The number of hydrogen-bond donors (Lipinski definition) is 2. The predicted octanol–water partition coefficient (Wildman–Crippen LogP) is 4.08. The van der Waals surface area contributed by atoms with Crippen LogP contribution in [0.2, 0.25) is 0 Å². The fraction of sp³-hybridized carbons (Fsp3) is 0.111. The predicted molar refractivity (Wildman–Crippen MR) is 93.3 cm³/mol. The third-order valence-electron chi connectivity index (χ3n) is 3.48. The minimum atomic E-state index is -0.277. The van der Waals surface area contributed by atoms with E-state index in [0.29, 0.717) is 21.9 Å². The summed E-state index contributed by atoms with van der Waals surface area (Å²) in [4.78, 5) is 25.3. The first-order valence-corrected chi connectivity index (χ1v) is 8.31. The molecule has 0 saturated heterocycles. The van der Waals surface area contributed by atoms with E-state index in [9.17, 15) is 9.59 Å². The van der Waals surface area contributed by atoms with Crippen molar-refractivity contribution in [3.63, 3.8) is 0 Å². The molecule has 3 rings (SSSR count). The van der Waals surface area contributed by atoms with Crippen LogP contribution in [0.5, 0.6) is 0 Å². The molecule has 0 unspecified atom stereocenters. The van der Waals surface area contributed by atoms with E-state index in [2.05, 4.69) is 10.6 Å². The van der Waals surface area contributed by atoms with Crippen LogP contribution in [0.3, 0.4) is 0 Å². The lowest BCUT2D eigenvalue weighted by Gasteiger charge is -2.14. The lowest BCUT2D eigenvalue weighted by atomic mass is 10.1. The molecule has 0 aliphatic carbocycles. The number of amides is 2. The topological polar surface area (TPSA) is 71.3 Å². The van der Waals surface area contributed by atoms with Gasteiger partial charge in [0.25, 0.3) is 11.8 Å². The maximum atomic E-state index is 12.5. The molecule has 0 aliphatic heterocycles. The normalized spacial score (nSPS) is 11.7. The van der Waals surface area contributed by atoms with Gasteiger partial charge in [0, 0.05) is 0 Å². The molecule has 3 aromatic rings. The van der Waals surface area contributed by atoms with Crippen molar-refractivity contribution in [2.24, 2.45) is 0 Å². The first kappa shape index (κ1) is 16.0. The zero-order chi connectivity index (χ0) is 16.9. The van der Waals surface area contributed by atoms with Crippen LogP contribution in [0.4, 0.5) is 5.69 Å². The Bertz CT molecular complexity index is 826. The molecule has 1 aromatic carbocycles. The van der Waals surface area contributed by atoms with Crippen molar-refractivity contribution in [2.45, 2.75) is 13.0 Å². The summed E-state index contributed by atoms with van der Waals surface area (Å²) in [5.41, 5.74) is 0.876. The number of carbonyl (C=O) groups excluding carboxylic acids is 2. The molecule has 2 heterocycles. The highest BCUT2D eigenvalue weighted by molar-refractivity contribution is 7.12. The van der Waals surface area contributed by atoms with E-state index < -0.39 is 0 Å². The van der Waals surface area contributed by atoms with Gasteiger partial charge < -0.3 is 15.1 Å². The second-order valence-corrected chi connectivity index (χ2v) is 6.14. The van der Waals surface area contributed by atoms with Crippen LogP contribution < -0.4 is 10.6 Å². The molecular weight excluding hydrogens is 324 g/mol. The number of furan rings is 1. The molecule has 2 N–H and O–H groups in total. The summed E-state index contributed by atoms with van der Waals surface area (Å²) >= 11 is 1.35. The van der Waals surface area contributed by atoms with Crippen molar-refractivity contribution < 1.29 is 14.0 Å². The molecule has 122 valence electrons. The first-order chi connectivity index (χ1) is 11.6. The van der Waals surface area contributed by atoms with E-state index in [1.807, 2.05) is 18.4 Å². The summed E-state index contributed by atoms with van der Waals surface area (Å²) in [5.74, 6) is 0.161. The molecule has 0 fully saturated rings. The van der Waals surface area contributed by atoms with Gasteiger partial charge in [0.2, 0.25) is 0 Å². The number of thiophene rings is 1. The zero-order valence-electron chi connectivity index (χ0n) is 13.0. The van der Waals surface area contributed by atoms with Gasteiger partial charge in [0.1, 0.15) is 5.76 Å². The number of benzene rings is 1. The van der Waals surface area contributed by atoms with Gasteiger partial charge in [-0.25, -0.2) is 0 Å². The second kappa shape index (κ2) is 7.14. The van der Waals surface area contributed by atoms with Gasteiger partial charge in [-0.05, 0) is 42.6 Å². The zero-order valence-corrected chi connectivity index (χ0v) is 13.8. The van der Waals surface area contributed by atoms with E-state index in [1.54, 1.807) is 48.7 Å². The van der Waals surface area contributed by atoms with Crippen molar-refractivity contribution >= 4 is 28.8 Å². The second-order valence-electron chi connectivity index (χ2n) is 5.19. The smallest absolute Gasteiger partial charge is 0.265 e. The lowest BCUT2D eigenvalue weighted by Crippen LogP contribution is -2.27. The van der Waals surface area contributed by atoms with E-state index >= 15 is 0 Å². The summed E-state index contributed by atoms with van der Waals surface area (Å²) in [6.07, 6.45) is 1.56. The lowest BCUT2D eigenvalue weighted by molar-refractivity contribution is 0.0936. The highest BCUT2D eigenvalue weighted by atomic mass is 32.1. The molecule has 0 bridgehead atoms. The highest BCUT2D eigenvalue weighted by Crippen LogP contribution is 2.20. The van der Waals surface area contributed by atoms with Crippen LogP contribution in [0.15, 0.2) is 64.6 Å². The highest BCUT2D eigenvalue weighted by Gasteiger charge is 2.17. The number of nitrogens with one attached hydrogen (secondary N) is 2. The molecule has 6 heteroatoms. The molecule has 0 aliphatic rings. The molecule has 2 aromatic heterocycles. The molecular formula is C18H16N2O3S. The van der Waals surface area contributed by atoms with Gasteiger partial charge in [-0.1, -0.05) is 18.2 Å². The van der Waals surface area contributed by atoms with E-state index in [4.69, 9.17) is 4.42 Å². The molecule has 0 saturated carbocycles. The van der Waals surface area contributed by atoms with Gasteiger partial charge in [0.15, 0.2) is 0 Å². The van der Waals surface area contributed by atoms with Crippen LogP contribution in [0.1, 0.15) is 38.8 Å². The number of hydrogen-bond acceptors (Lipinski definition) is 4. The quantitative estimate of drug-likeness (QED) is 0.735. The van der Waals surface area contributed by atoms with Gasteiger partial charge >= 0.3 is 0 Å². The number of carbonyl (C=O) groups is 2. The number of anilines is 1. The van der Waals surface area contributed by atoms with Crippen molar-refractivity contribution in [2.75, 3.05) is 5.32 Å². The van der Waals surface area contributed by atoms with Gasteiger partial charge in [0.05, 0.1) is 28.4 Å². The minimum absolute atomic E-state index is 0.232. The summed E-state index contributed by atoms with van der Waals surface area (Å²) in [6.45, 7) is 1.84. The standard InChI is InChI=1S/C18H16N2O3S/c1-12(15-8-4-10-23-15)19-17(21)13-6-2-3-7-14(13)20-18(22)16-9-5-11-24-16/h2-12H,1H3,(H,19,21)(H,20,22)/t12-/m0/s1. The molecule has 1 atom stereocenters. The Hall–Kier alpha value is -2.86. The minimum Gasteiger partial charge on any atom is -0.467 e. The Labute approximate surface area is 143 Å². The average molecular weight is 340 g/mol. The first-order valence-electron chi connectivity index (χ1n) is 7.43.